The van der Waals surface area contributed by atoms with Gasteiger partial charge in [0.1, 0.15) is 0 Å². The average molecular weight is 196 g/mol. The summed E-state index contributed by atoms with van der Waals surface area (Å²) < 4.78 is 0. The molecular weight excluding hydrogens is 171 g/mol. The van der Waals surface area contributed by atoms with Crippen molar-refractivity contribution < 1.29 is 0 Å². The molecule has 0 aliphatic carbocycles. The van der Waals surface area contributed by atoms with Crippen molar-refractivity contribution >= 4 is 7.98 Å². The monoisotopic (exact) mass is 196 g/mol. The first-order valence-corrected chi connectivity index (χ1v) is 5.71. The minimum Gasteiger partial charge on any atom is -0.346 e. The summed E-state index contributed by atoms with van der Waals surface area (Å²) >= 11 is 0. The molecule has 0 aromatic heterocycles. The van der Waals surface area contributed by atoms with E-state index in [2.05, 4.69) is 39.6 Å². The zero-order valence-corrected chi connectivity index (χ0v) is 10.8. The SMILES string of the molecule is CC.[B]N1C(C)C(C)N(C)C(C)C1C. The smallest absolute Gasteiger partial charge is 0.183 e. The molecule has 2 nitrogen and oxygen atoms in total. The molecule has 0 spiro atoms. The molecule has 0 saturated carbocycles. The Labute approximate surface area is 91.1 Å². The van der Waals surface area contributed by atoms with Crippen LogP contribution in [-0.2, 0) is 0 Å². The largest absolute Gasteiger partial charge is 0.346 e. The van der Waals surface area contributed by atoms with E-state index < -0.39 is 0 Å². The number of hydrogen-bond acceptors (Lipinski definition) is 2. The molecule has 1 aliphatic heterocycles. The highest BCUT2D eigenvalue weighted by molar-refractivity contribution is 6.05. The van der Waals surface area contributed by atoms with E-state index in [1.165, 1.54) is 0 Å². The summed E-state index contributed by atoms with van der Waals surface area (Å²) in [5.41, 5.74) is 0. The number of piperazine rings is 1. The molecule has 1 aliphatic rings. The molecule has 14 heavy (non-hydrogen) atoms. The molecule has 0 aromatic rings. The molecule has 1 rings (SSSR count). The first kappa shape index (κ1) is 14.0. The van der Waals surface area contributed by atoms with Crippen molar-refractivity contribution in [2.75, 3.05) is 7.05 Å². The van der Waals surface area contributed by atoms with Crippen LogP contribution >= 0.6 is 0 Å². The lowest BCUT2D eigenvalue weighted by atomic mass is 9.92. The van der Waals surface area contributed by atoms with Gasteiger partial charge in [-0.2, -0.15) is 0 Å². The third-order valence-corrected chi connectivity index (χ3v) is 3.62. The van der Waals surface area contributed by atoms with Crippen LogP contribution in [0.1, 0.15) is 41.5 Å². The lowest BCUT2D eigenvalue weighted by Gasteiger charge is -2.50. The van der Waals surface area contributed by atoms with Crippen molar-refractivity contribution in [3.8, 4) is 0 Å². The van der Waals surface area contributed by atoms with E-state index in [1.54, 1.807) is 0 Å². The molecule has 4 unspecified atom stereocenters. The van der Waals surface area contributed by atoms with Gasteiger partial charge in [-0.05, 0) is 34.7 Å². The molecule has 3 heteroatoms. The minimum atomic E-state index is 0.446. The van der Waals surface area contributed by atoms with Crippen LogP contribution in [-0.4, -0.2) is 48.9 Å². The fourth-order valence-electron chi connectivity index (χ4n) is 1.92. The summed E-state index contributed by atoms with van der Waals surface area (Å²) in [6.45, 7) is 12.8. The molecule has 1 saturated heterocycles. The Morgan fingerprint density at radius 1 is 0.786 bits per heavy atom. The Morgan fingerprint density at radius 2 is 1.07 bits per heavy atom. The van der Waals surface area contributed by atoms with Gasteiger partial charge in [-0.25, -0.2) is 0 Å². The lowest BCUT2D eigenvalue weighted by molar-refractivity contribution is 0.0256. The molecule has 0 N–H and O–H groups in total. The predicted octanol–water partition coefficient (Wildman–Crippen LogP) is 1.90. The molecule has 0 bridgehead atoms. The maximum absolute atomic E-state index is 5.97. The Morgan fingerprint density at radius 3 is 1.36 bits per heavy atom. The van der Waals surface area contributed by atoms with Gasteiger partial charge < -0.3 is 4.81 Å². The van der Waals surface area contributed by atoms with Gasteiger partial charge >= 0.3 is 0 Å². The highest BCUT2D eigenvalue weighted by Gasteiger charge is 2.34. The van der Waals surface area contributed by atoms with Crippen molar-refractivity contribution in [1.29, 1.82) is 0 Å². The van der Waals surface area contributed by atoms with Crippen molar-refractivity contribution in [3.63, 3.8) is 0 Å². The maximum atomic E-state index is 5.97. The molecular formula is C11H25BN2. The van der Waals surface area contributed by atoms with Crippen molar-refractivity contribution in [1.82, 2.24) is 9.71 Å². The molecule has 0 amide bonds. The molecule has 0 aromatic carbocycles. The van der Waals surface area contributed by atoms with Gasteiger partial charge in [0, 0.05) is 24.2 Å². The van der Waals surface area contributed by atoms with Crippen LogP contribution in [0.15, 0.2) is 0 Å². The van der Waals surface area contributed by atoms with Crippen molar-refractivity contribution in [3.05, 3.63) is 0 Å². The van der Waals surface area contributed by atoms with E-state index in [0.717, 1.165) is 0 Å². The average Bonchev–Trinajstić information content (AvgIpc) is 2.24. The molecule has 1 fully saturated rings. The molecule has 82 valence electrons. The summed E-state index contributed by atoms with van der Waals surface area (Å²) in [6, 6.07) is 1.98. The zero-order chi connectivity index (χ0) is 11.5. The van der Waals surface area contributed by atoms with Crippen LogP contribution in [0.3, 0.4) is 0 Å². The van der Waals surface area contributed by atoms with Gasteiger partial charge in [0.15, 0.2) is 7.98 Å². The van der Waals surface area contributed by atoms with Crippen LogP contribution in [0.25, 0.3) is 0 Å². The number of nitrogens with zero attached hydrogens (tertiary/aromatic N) is 2. The maximum Gasteiger partial charge on any atom is 0.183 e. The van der Waals surface area contributed by atoms with E-state index >= 15 is 0 Å². The minimum absolute atomic E-state index is 0.446. The fraction of sp³-hybridized carbons (Fsp3) is 1.00. The Hall–Kier alpha value is -0.0151. The van der Waals surface area contributed by atoms with Gasteiger partial charge in [0.05, 0.1) is 0 Å². The van der Waals surface area contributed by atoms with Gasteiger partial charge in [-0.15, -0.1) is 0 Å². The summed E-state index contributed by atoms with van der Waals surface area (Å²) in [5.74, 6) is 0. The van der Waals surface area contributed by atoms with Crippen LogP contribution in [0, 0.1) is 0 Å². The number of likely N-dealkylation sites (N-methyl/N-ethyl adjacent to an activating group) is 1. The van der Waals surface area contributed by atoms with Crippen molar-refractivity contribution in [2.45, 2.75) is 65.7 Å². The number of rotatable bonds is 0. The van der Waals surface area contributed by atoms with Gasteiger partial charge in [-0.3, -0.25) is 4.90 Å². The topological polar surface area (TPSA) is 6.48 Å². The van der Waals surface area contributed by atoms with Gasteiger partial charge in [0.25, 0.3) is 0 Å². The second-order valence-corrected chi connectivity index (χ2v) is 4.08. The van der Waals surface area contributed by atoms with E-state index in [1.807, 2.05) is 18.7 Å². The quantitative estimate of drug-likeness (QED) is 0.546. The van der Waals surface area contributed by atoms with E-state index in [0.29, 0.717) is 24.2 Å². The third-order valence-electron chi connectivity index (χ3n) is 3.62. The Balaban J connectivity index is 0.000000791. The Kier molecular flexibility index (Phi) is 5.76. The van der Waals surface area contributed by atoms with Crippen LogP contribution in [0.4, 0.5) is 0 Å². The van der Waals surface area contributed by atoms with E-state index in [-0.39, 0.29) is 0 Å². The normalized spacial score (nSPS) is 40.2. The van der Waals surface area contributed by atoms with E-state index in [4.69, 9.17) is 7.98 Å². The lowest BCUT2D eigenvalue weighted by Crippen LogP contribution is -2.63. The van der Waals surface area contributed by atoms with Crippen LogP contribution in [0.5, 0.6) is 0 Å². The second kappa shape index (κ2) is 5.77. The Bertz CT molecular complexity index is 105. The van der Waals surface area contributed by atoms with Gasteiger partial charge in [0.2, 0.25) is 0 Å². The fourth-order valence-corrected chi connectivity index (χ4v) is 1.92. The summed E-state index contributed by atoms with van der Waals surface area (Å²) in [7, 11) is 8.15. The standard InChI is InChI=1S/C9H19BN2.C2H6/c1-6-8(3)12(10)9(4)7(2)11(6)5;1-2/h6-9H,1-5H3;1-2H3. The second-order valence-electron chi connectivity index (χ2n) is 4.08. The zero-order valence-electron chi connectivity index (χ0n) is 10.8. The van der Waals surface area contributed by atoms with Crippen LogP contribution in [0.2, 0.25) is 0 Å². The predicted molar refractivity (Wildman–Crippen MR) is 64.6 cm³/mol. The molecule has 2 radical (unpaired) electrons. The summed E-state index contributed by atoms with van der Waals surface area (Å²) in [4.78, 5) is 4.38. The van der Waals surface area contributed by atoms with E-state index in [9.17, 15) is 0 Å². The number of hydrogen-bond donors (Lipinski definition) is 0. The first-order valence-electron chi connectivity index (χ1n) is 5.71. The van der Waals surface area contributed by atoms with Crippen molar-refractivity contribution in [2.24, 2.45) is 0 Å². The summed E-state index contributed by atoms with van der Waals surface area (Å²) in [5, 5.41) is 0. The molecule has 4 atom stereocenters. The summed E-state index contributed by atoms with van der Waals surface area (Å²) in [6.07, 6.45) is 0. The highest BCUT2D eigenvalue weighted by Crippen LogP contribution is 2.22. The van der Waals surface area contributed by atoms with Gasteiger partial charge in [-0.1, -0.05) is 13.8 Å². The molecule has 1 heterocycles. The third kappa shape index (κ3) is 2.51. The first-order chi connectivity index (χ1) is 6.46. The highest BCUT2D eigenvalue weighted by atomic mass is 15.3. The van der Waals surface area contributed by atoms with Crippen LogP contribution < -0.4 is 0 Å².